The first kappa shape index (κ1) is 23.3. The standard InChI is InChI=1S/C28H27N3O3S/c1-19(26(32)29-24-15-7-5-13-22(24)20-10-3-2-4-11-20)35-28-30-25-16-8-6-14-23(25)27(33)31(28)18-21-12-9-17-34-21/h2-8,10-11,13-16,19,21H,9,12,17-18H2,1H3,(H,29,32). The van der Waals surface area contributed by atoms with Crippen molar-refractivity contribution in [1.29, 1.82) is 0 Å². The third-order valence-corrected chi connectivity index (χ3v) is 7.25. The Balaban J connectivity index is 1.41. The van der Waals surface area contributed by atoms with Gasteiger partial charge < -0.3 is 10.1 Å². The molecule has 1 saturated heterocycles. The van der Waals surface area contributed by atoms with Crippen LogP contribution in [0.25, 0.3) is 22.0 Å². The van der Waals surface area contributed by atoms with Crippen molar-refractivity contribution in [3.8, 4) is 11.1 Å². The van der Waals surface area contributed by atoms with Gasteiger partial charge in [-0.3, -0.25) is 14.2 Å². The van der Waals surface area contributed by atoms with Crippen molar-refractivity contribution < 1.29 is 9.53 Å². The lowest BCUT2D eigenvalue weighted by Crippen LogP contribution is -2.30. The molecule has 3 aromatic carbocycles. The Bertz CT molecular complexity index is 1400. The van der Waals surface area contributed by atoms with Crippen molar-refractivity contribution in [2.75, 3.05) is 11.9 Å². The van der Waals surface area contributed by atoms with Crippen molar-refractivity contribution in [2.24, 2.45) is 0 Å². The summed E-state index contributed by atoms with van der Waals surface area (Å²) in [6.45, 7) is 2.98. The van der Waals surface area contributed by atoms with Gasteiger partial charge in [-0.05, 0) is 43.5 Å². The van der Waals surface area contributed by atoms with Crippen LogP contribution in [0.5, 0.6) is 0 Å². The van der Waals surface area contributed by atoms with Crippen LogP contribution in [0, 0.1) is 0 Å². The predicted molar refractivity (Wildman–Crippen MR) is 141 cm³/mol. The number of ether oxygens (including phenoxy) is 1. The summed E-state index contributed by atoms with van der Waals surface area (Å²) < 4.78 is 7.46. The molecule has 1 aliphatic heterocycles. The lowest BCUT2D eigenvalue weighted by Gasteiger charge is -2.19. The number of anilines is 1. The zero-order chi connectivity index (χ0) is 24.2. The minimum atomic E-state index is -0.470. The van der Waals surface area contributed by atoms with Gasteiger partial charge in [0.2, 0.25) is 5.91 Å². The van der Waals surface area contributed by atoms with Crippen molar-refractivity contribution in [3.05, 3.63) is 89.2 Å². The first-order chi connectivity index (χ1) is 17.1. The molecule has 0 saturated carbocycles. The second kappa shape index (κ2) is 10.5. The van der Waals surface area contributed by atoms with Gasteiger partial charge in [0.05, 0.1) is 28.8 Å². The second-order valence-electron chi connectivity index (χ2n) is 8.62. The molecule has 2 atom stereocenters. The highest BCUT2D eigenvalue weighted by Gasteiger charge is 2.23. The maximum Gasteiger partial charge on any atom is 0.262 e. The summed E-state index contributed by atoms with van der Waals surface area (Å²) >= 11 is 1.30. The minimum absolute atomic E-state index is 0.0168. The molecule has 1 amide bonds. The zero-order valence-corrected chi connectivity index (χ0v) is 20.3. The van der Waals surface area contributed by atoms with E-state index in [1.165, 1.54) is 11.8 Å². The smallest absolute Gasteiger partial charge is 0.262 e. The van der Waals surface area contributed by atoms with Crippen LogP contribution in [-0.4, -0.2) is 33.4 Å². The quantitative estimate of drug-likeness (QED) is 0.282. The van der Waals surface area contributed by atoms with Crippen molar-refractivity contribution in [2.45, 2.75) is 42.8 Å². The van der Waals surface area contributed by atoms with E-state index in [-0.39, 0.29) is 17.6 Å². The number of carbonyl (C=O) groups is 1. The Labute approximate surface area is 208 Å². The van der Waals surface area contributed by atoms with Crippen LogP contribution < -0.4 is 10.9 Å². The van der Waals surface area contributed by atoms with Crippen molar-refractivity contribution in [1.82, 2.24) is 9.55 Å². The summed E-state index contributed by atoms with van der Waals surface area (Å²) in [5, 5.41) is 3.71. The highest BCUT2D eigenvalue weighted by molar-refractivity contribution is 8.00. The highest BCUT2D eigenvalue weighted by Crippen LogP contribution is 2.29. The molecule has 6 nitrogen and oxygen atoms in total. The molecule has 4 aromatic rings. The fourth-order valence-corrected chi connectivity index (χ4v) is 5.22. The number of fused-ring (bicyclic) bond motifs is 1. The Hall–Kier alpha value is -3.42. The van der Waals surface area contributed by atoms with Crippen LogP contribution in [0.1, 0.15) is 19.8 Å². The first-order valence-electron chi connectivity index (χ1n) is 11.8. The Morgan fingerprint density at radius 1 is 1.09 bits per heavy atom. The summed E-state index contributed by atoms with van der Waals surface area (Å²) in [6.07, 6.45) is 1.88. The number of thioether (sulfide) groups is 1. The molecule has 0 radical (unpaired) electrons. The first-order valence-corrected chi connectivity index (χ1v) is 12.7. The molecule has 2 unspecified atom stereocenters. The molecular formula is C28H27N3O3S. The number of hydrogen-bond donors (Lipinski definition) is 1. The van der Waals surface area contributed by atoms with E-state index >= 15 is 0 Å². The Morgan fingerprint density at radius 3 is 2.63 bits per heavy atom. The van der Waals surface area contributed by atoms with E-state index in [1.807, 2.05) is 79.7 Å². The van der Waals surface area contributed by atoms with E-state index in [2.05, 4.69) is 5.32 Å². The van der Waals surface area contributed by atoms with E-state index < -0.39 is 5.25 Å². The number of carbonyl (C=O) groups excluding carboxylic acids is 1. The molecule has 1 aliphatic rings. The zero-order valence-electron chi connectivity index (χ0n) is 19.5. The van der Waals surface area contributed by atoms with Gasteiger partial charge in [-0.25, -0.2) is 4.98 Å². The average Bonchev–Trinajstić information content (AvgIpc) is 3.40. The normalized spacial score (nSPS) is 16.3. The van der Waals surface area contributed by atoms with Gasteiger partial charge in [0, 0.05) is 17.9 Å². The molecule has 1 aromatic heterocycles. The summed E-state index contributed by atoms with van der Waals surface area (Å²) in [4.78, 5) is 31.3. The Morgan fingerprint density at radius 2 is 1.83 bits per heavy atom. The molecule has 2 heterocycles. The third kappa shape index (κ3) is 5.16. The van der Waals surface area contributed by atoms with Gasteiger partial charge in [-0.15, -0.1) is 0 Å². The molecule has 0 aliphatic carbocycles. The van der Waals surface area contributed by atoms with Gasteiger partial charge >= 0.3 is 0 Å². The monoisotopic (exact) mass is 485 g/mol. The van der Waals surface area contributed by atoms with Crippen LogP contribution in [0.3, 0.4) is 0 Å². The molecule has 5 rings (SSSR count). The number of nitrogens with one attached hydrogen (secondary N) is 1. The number of aromatic nitrogens is 2. The molecule has 1 fully saturated rings. The highest BCUT2D eigenvalue weighted by atomic mass is 32.2. The van der Waals surface area contributed by atoms with Gasteiger partial charge in [0.25, 0.3) is 5.56 Å². The molecule has 7 heteroatoms. The third-order valence-electron chi connectivity index (χ3n) is 6.16. The minimum Gasteiger partial charge on any atom is -0.376 e. The van der Waals surface area contributed by atoms with Gasteiger partial charge in [0.1, 0.15) is 0 Å². The fraction of sp³-hybridized carbons (Fsp3) is 0.250. The molecule has 0 spiro atoms. The Kier molecular flexibility index (Phi) is 6.97. The lowest BCUT2D eigenvalue weighted by molar-refractivity contribution is -0.115. The number of rotatable bonds is 7. The number of hydrogen-bond acceptors (Lipinski definition) is 5. The fourth-order valence-electron chi connectivity index (χ4n) is 4.30. The summed E-state index contributed by atoms with van der Waals surface area (Å²) in [6, 6.07) is 25.1. The van der Waals surface area contributed by atoms with E-state index in [9.17, 15) is 9.59 Å². The van der Waals surface area contributed by atoms with Gasteiger partial charge in [-0.1, -0.05) is 72.4 Å². The second-order valence-corrected chi connectivity index (χ2v) is 9.93. The van der Waals surface area contributed by atoms with E-state index in [0.29, 0.717) is 29.2 Å². The van der Waals surface area contributed by atoms with Crippen LogP contribution in [0.15, 0.2) is 88.8 Å². The average molecular weight is 486 g/mol. The number of nitrogens with zero attached hydrogens (tertiary/aromatic N) is 2. The number of para-hydroxylation sites is 2. The van der Waals surface area contributed by atoms with Gasteiger partial charge in [-0.2, -0.15) is 0 Å². The number of benzene rings is 3. The van der Waals surface area contributed by atoms with E-state index in [4.69, 9.17) is 9.72 Å². The van der Waals surface area contributed by atoms with Crippen LogP contribution in [-0.2, 0) is 16.1 Å². The lowest BCUT2D eigenvalue weighted by atomic mass is 10.0. The SMILES string of the molecule is CC(Sc1nc2ccccc2c(=O)n1CC1CCCO1)C(=O)Nc1ccccc1-c1ccccc1. The van der Waals surface area contributed by atoms with Crippen LogP contribution >= 0.6 is 11.8 Å². The molecule has 0 bridgehead atoms. The van der Waals surface area contributed by atoms with Crippen LogP contribution in [0.2, 0.25) is 0 Å². The summed E-state index contributed by atoms with van der Waals surface area (Å²) in [7, 11) is 0. The van der Waals surface area contributed by atoms with Gasteiger partial charge in [0.15, 0.2) is 5.16 Å². The molecular weight excluding hydrogens is 458 g/mol. The molecule has 35 heavy (non-hydrogen) atoms. The maximum atomic E-state index is 13.3. The van der Waals surface area contributed by atoms with Crippen molar-refractivity contribution >= 4 is 34.3 Å². The topological polar surface area (TPSA) is 73.2 Å². The molecule has 178 valence electrons. The summed E-state index contributed by atoms with van der Waals surface area (Å²) in [5.74, 6) is -0.149. The molecule has 1 N–H and O–H groups in total. The number of amides is 1. The van der Waals surface area contributed by atoms with E-state index in [1.54, 1.807) is 10.6 Å². The maximum absolute atomic E-state index is 13.3. The predicted octanol–water partition coefficient (Wildman–Crippen LogP) is 5.36. The summed E-state index contributed by atoms with van der Waals surface area (Å²) in [5.41, 5.74) is 3.27. The van der Waals surface area contributed by atoms with Crippen LogP contribution in [0.4, 0.5) is 5.69 Å². The van der Waals surface area contributed by atoms with E-state index in [0.717, 1.165) is 29.7 Å². The largest absolute Gasteiger partial charge is 0.376 e. The van der Waals surface area contributed by atoms with Crippen molar-refractivity contribution in [3.63, 3.8) is 0 Å².